The molecule has 2 aromatic heterocycles. The molecule has 0 saturated carbocycles. The molecule has 0 bridgehead atoms. The topological polar surface area (TPSA) is 89.3 Å². The molecule has 0 fully saturated rings. The zero-order valence-electron chi connectivity index (χ0n) is 15.7. The number of halogens is 1. The van der Waals surface area contributed by atoms with Gasteiger partial charge in [-0.25, -0.2) is 13.1 Å². The number of carbonyl (C=O) groups is 1. The van der Waals surface area contributed by atoms with Gasteiger partial charge in [-0.2, -0.15) is 0 Å². The number of ketones is 1. The van der Waals surface area contributed by atoms with Gasteiger partial charge in [-0.1, -0.05) is 50.2 Å². The van der Waals surface area contributed by atoms with E-state index in [0.29, 0.717) is 15.7 Å². The molecule has 1 N–H and O–H groups in total. The van der Waals surface area contributed by atoms with Gasteiger partial charge in [0.1, 0.15) is 9.37 Å². The number of rotatable bonds is 5. The highest BCUT2D eigenvalue weighted by molar-refractivity contribution is 9.10. The van der Waals surface area contributed by atoms with Crippen molar-refractivity contribution in [2.75, 3.05) is 4.72 Å². The lowest BCUT2D eigenvalue weighted by molar-refractivity contribution is 0.103. The average molecular weight is 483 g/mol. The van der Waals surface area contributed by atoms with Crippen molar-refractivity contribution in [3.63, 3.8) is 0 Å². The van der Waals surface area contributed by atoms with E-state index in [4.69, 9.17) is 4.52 Å². The molecule has 0 radical (unpaired) electrons. The van der Waals surface area contributed by atoms with Crippen molar-refractivity contribution in [3.8, 4) is 0 Å². The van der Waals surface area contributed by atoms with E-state index in [9.17, 15) is 13.2 Å². The van der Waals surface area contributed by atoms with Crippen molar-refractivity contribution in [3.05, 3.63) is 61.9 Å². The van der Waals surface area contributed by atoms with Crippen LogP contribution in [0, 0.1) is 6.92 Å². The number of nitrogens with zero attached hydrogens (tertiary/aromatic N) is 1. The predicted molar refractivity (Wildman–Crippen MR) is 113 cm³/mol. The molecule has 0 unspecified atom stereocenters. The molecule has 0 amide bonds. The van der Waals surface area contributed by atoms with Crippen LogP contribution in [0.5, 0.6) is 0 Å². The molecule has 3 aromatic rings. The molecule has 9 heteroatoms. The second kappa shape index (κ2) is 7.46. The molecule has 0 aliphatic heterocycles. The molecule has 28 heavy (non-hydrogen) atoms. The van der Waals surface area contributed by atoms with Gasteiger partial charge < -0.3 is 4.52 Å². The van der Waals surface area contributed by atoms with E-state index in [1.807, 2.05) is 12.1 Å². The van der Waals surface area contributed by atoms with Crippen LogP contribution in [0.2, 0.25) is 0 Å². The monoisotopic (exact) mass is 482 g/mol. The molecular formula is C19H19BrN2O4S2. The van der Waals surface area contributed by atoms with Crippen LogP contribution in [0.4, 0.5) is 5.88 Å². The maximum atomic E-state index is 12.9. The Bertz CT molecular complexity index is 1120. The SMILES string of the molecule is Cc1noc(NS(=O)(=O)c2ccsc2C(=O)c2ccc(C(C)(C)C)cc2)c1Br. The molecule has 0 saturated heterocycles. The van der Waals surface area contributed by atoms with Gasteiger partial charge in [-0.3, -0.25) is 4.79 Å². The molecule has 0 aliphatic rings. The van der Waals surface area contributed by atoms with Gasteiger partial charge in [0.2, 0.25) is 5.78 Å². The Hall–Kier alpha value is -1.97. The molecular weight excluding hydrogens is 464 g/mol. The molecule has 2 heterocycles. The average Bonchev–Trinajstić information content (AvgIpc) is 3.24. The lowest BCUT2D eigenvalue weighted by Crippen LogP contribution is -2.16. The minimum Gasteiger partial charge on any atom is -0.336 e. The van der Waals surface area contributed by atoms with Crippen LogP contribution in [-0.2, 0) is 15.4 Å². The van der Waals surface area contributed by atoms with Crippen molar-refractivity contribution in [1.82, 2.24) is 5.16 Å². The van der Waals surface area contributed by atoms with Crippen LogP contribution in [0.3, 0.4) is 0 Å². The minimum absolute atomic E-state index is 0.0309. The number of anilines is 1. The van der Waals surface area contributed by atoms with E-state index in [0.717, 1.165) is 16.9 Å². The van der Waals surface area contributed by atoms with Gasteiger partial charge in [0.05, 0.1) is 10.6 Å². The molecule has 0 atom stereocenters. The molecule has 1 aromatic carbocycles. The highest BCUT2D eigenvalue weighted by Crippen LogP contribution is 2.31. The smallest absolute Gasteiger partial charge is 0.265 e. The second-order valence-electron chi connectivity index (χ2n) is 7.29. The number of benzene rings is 1. The van der Waals surface area contributed by atoms with Crippen molar-refractivity contribution < 1.29 is 17.7 Å². The van der Waals surface area contributed by atoms with Crippen molar-refractivity contribution in [2.24, 2.45) is 0 Å². The van der Waals surface area contributed by atoms with Gasteiger partial charge >= 0.3 is 0 Å². The predicted octanol–water partition coefficient (Wildman–Crippen LogP) is 5.14. The third kappa shape index (κ3) is 4.06. The number of carbonyl (C=O) groups excluding carboxylic acids is 1. The number of nitrogens with one attached hydrogen (secondary N) is 1. The van der Waals surface area contributed by atoms with E-state index in [2.05, 4.69) is 46.6 Å². The van der Waals surface area contributed by atoms with Crippen molar-refractivity contribution >= 4 is 49.0 Å². The lowest BCUT2D eigenvalue weighted by Gasteiger charge is -2.19. The maximum Gasteiger partial charge on any atom is 0.265 e. The van der Waals surface area contributed by atoms with Gasteiger partial charge in [0.15, 0.2) is 0 Å². The van der Waals surface area contributed by atoms with E-state index >= 15 is 0 Å². The first-order valence-electron chi connectivity index (χ1n) is 8.38. The van der Waals surface area contributed by atoms with E-state index < -0.39 is 10.0 Å². The van der Waals surface area contributed by atoms with Crippen LogP contribution in [0.25, 0.3) is 0 Å². The number of aromatic nitrogens is 1. The summed E-state index contributed by atoms with van der Waals surface area (Å²) in [6.07, 6.45) is 0. The van der Waals surface area contributed by atoms with Crippen LogP contribution >= 0.6 is 27.3 Å². The number of hydrogen-bond acceptors (Lipinski definition) is 6. The third-order valence-electron chi connectivity index (χ3n) is 4.16. The third-order valence-corrected chi connectivity index (χ3v) is 7.51. The normalized spacial score (nSPS) is 12.2. The van der Waals surface area contributed by atoms with Crippen molar-refractivity contribution in [1.29, 1.82) is 0 Å². The Morgan fingerprint density at radius 1 is 1.18 bits per heavy atom. The standard InChI is InChI=1S/C19H19BrN2O4S2/c1-11-15(20)18(26-21-11)22-28(24,25)14-9-10-27-17(14)16(23)12-5-7-13(8-6-12)19(2,3)4/h5-10,22H,1-4H3. The van der Waals surface area contributed by atoms with Crippen LogP contribution < -0.4 is 4.72 Å². The zero-order chi connectivity index (χ0) is 20.7. The summed E-state index contributed by atoms with van der Waals surface area (Å²) in [4.78, 5) is 13.0. The quantitative estimate of drug-likeness (QED) is 0.508. The maximum absolute atomic E-state index is 12.9. The number of aryl methyl sites for hydroxylation is 1. The number of hydrogen-bond donors (Lipinski definition) is 1. The zero-order valence-corrected chi connectivity index (χ0v) is 19.0. The van der Waals surface area contributed by atoms with E-state index in [1.165, 1.54) is 6.07 Å². The molecule has 6 nitrogen and oxygen atoms in total. The first-order valence-corrected chi connectivity index (χ1v) is 11.5. The van der Waals surface area contributed by atoms with Crippen LogP contribution in [-0.4, -0.2) is 19.4 Å². The first-order chi connectivity index (χ1) is 13.0. The van der Waals surface area contributed by atoms with Crippen molar-refractivity contribution in [2.45, 2.75) is 38.0 Å². The van der Waals surface area contributed by atoms with Gasteiger partial charge in [-0.05, 0) is 45.3 Å². The fourth-order valence-corrected chi connectivity index (χ4v) is 5.29. The molecule has 0 aliphatic carbocycles. The molecule has 3 rings (SSSR count). The van der Waals surface area contributed by atoms with Gasteiger partial charge in [0.25, 0.3) is 15.9 Å². The van der Waals surface area contributed by atoms with Crippen LogP contribution in [0.15, 0.2) is 49.6 Å². The first kappa shape index (κ1) is 20.8. The Morgan fingerprint density at radius 3 is 2.36 bits per heavy atom. The summed E-state index contributed by atoms with van der Waals surface area (Å²) in [7, 11) is -4.02. The number of thiophene rings is 1. The summed E-state index contributed by atoms with van der Waals surface area (Å²) >= 11 is 4.31. The summed E-state index contributed by atoms with van der Waals surface area (Å²) in [6, 6.07) is 8.63. The fourth-order valence-electron chi connectivity index (χ4n) is 2.53. The Balaban J connectivity index is 1.92. The minimum atomic E-state index is -4.02. The van der Waals surface area contributed by atoms with Gasteiger partial charge in [0, 0.05) is 5.56 Å². The summed E-state index contributed by atoms with van der Waals surface area (Å²) in [6.45, 7) is 7.93. The van der Waals surface area contributed by atoms with Crippen LogP contribution in [0.1, 0.15) is 47.3 Å². The Kier molecular flexibility index (Phi) is 5.53. The summed E-state index contributed by atoms with van der Waals surface area (Å²) in [5.74, 6) is -0.375. The molecule has 148 valence electrons. The summed E-state index contributed by atoms with van der Waals surface area (Å²) < 4.78 is 33.3. The summed E-state index contributed by atoms with van der Waals surface area (Å²) in [5.41, 5.74) is 2.00. The fraction of sp³-hybridized carbons (Fsp3) is 0.263. The molecule has 0 spiro atoms. The highest BCUT2D eigenvalue weighted by Gasteiger charge is 2.27. The summed E-state index contributed by atoms with van der Waals surface area (Å²) in [5, 5.41) is 5.28. The van der Waals surface area contributed by atoms with E-state index in [1.54, 1.807) is 24.4 Å². The second-order valence-corrected chi connectivity index (χ2v) is 10.6. The van der Waals surface area contributed by atoms with E-state index in [-0.39, 0.29) is 26.9 Å². The Labute approximate surface area is 176 Å². The van der Waals surface area contributed by atoms with Gasteiger partial charge in [-0.15, -0.1) is 11.3 Å². The largest absolute Gasteiger partial charge is 0.336 e. The Morgan fingerprint density at radius 2 is 1.82 bits per heavy atom. The highest BCUT2D eigenvalue weighted by atomic mass is 79.9. The lowest BCUT2D eigenvalue weighted by atomic mass is 9.86. The number of sulfonamides is 1.